The van der Waals surface area contributed by atoms with Crippen LogP contribution in [-0.2, 0) is 23.1 Å². The Morgan fingerprint density at radius 1 is 1.50 bits per heavy atom. The lowest BCUT2D eigenvalue weighted by Gasteiger charge is -2.32. The lowest BCUT2D eigenvalue weighted by Crippen LogP contribution is -2.48. The van der Waals surface area contributed by atoms with Gasteiger partial charge in [0.1, 0.15) is 11.2 Å². The highest BCUT2D eigenvalue weighted by Gasteiger charge is 2.56. The summed E-state index contributed by atoms with van der Waals surface area (Å²) in [6, 6.07) is 0. The number of nitrogens with zero attached hydrogens (tertiary/aromatic N) is 5. The van der Waals surface area contributed by atoms with Crippen LogP contribution in [-0.4, -0.2) is 75.4 Å². The van der Waals surface area contributed by atoms with Gasteiger partial charge in [0.05, 0.1) is 31.4 Å². The van der Waals surface area contributed by atoms with Crippen LogP contribution in [0, 0.1) is 17.3 Å². The third-order valence-electron chi connectivity index (χ3n) is 5.88. The molecule has 0 saturated carbocycles. The summed E-state index contributed by atoms with van der Waals surface area (Å²) < 4.78 is 7.32. The number of amides is 1. The minimum absolute atomic E-state index is 0.162. The quantitative estimate of drug-likeness (QED) is 0.787. The molecule has 2 fully saturated rings. The second kappa shape index (κ2) is 6.97. The second-order valence-electron chi connectivity index (χ2n) is 8.64. The molecule has 1 N–H and O–H groups in total. The average Bonchev–Trinajstić information content (AvgIpc) is 3.27. The topological polar surface area (TPSA) is 96.3 Å². The summed E-state index contributed by atoms with van der Waals surface area (Å²) in [7, 11) is 3.65. The number of carbonyl (C=O) groups excluding carboxylic acids is 1. The zero-order valence-corrected chi connectivity index (χ0v) is 16.9. The van der Waals surface area contributed by atoms with Crippen molar-refractivity contribution in [3.63, 3.8) is 0 Å². The van der Waals surface area contributed by atoms with E-state index in [1.807, 2.05) is 11.9 Å². The first-order valence-corrected chi connectivity index (χ1v) is 9.77. The van der Waals surface area contributed by atoms with E-state index in [0.717, 1.165) is 13.1 Å². The van der Waals surface area contributed by atoms with E-state index in [9.17, 15) is 9.59 Å². The van der Waals surface area contributed by atoms with Gasteiger partial charge in [0.15, 0.2) is 5.65 Å². The molecule has 0 aliphatic carbocycles. The normalized spacial score (nSPS) is 25.0. The minimum Gasteiger partial charge on any atom is -0.380 e. The summed E-state index contributed by atoms with van der Waals surface area (Å²) in [5, 5.41) is 4.59. The van der Waals surface area contributed by atoms with Gasteiger partial charge in [-0.2, -0.15) is 5.10 Å². The van der Waals surface area contributed by atoms with E-state index >= 15 is 0 Å². The van der Waals surface area contributed by atoms with Crippen LogP contribution in [0.2, 0.25) is 0 Å². The fourth-order valence-corrected chi connectivity index (χ4v) is 4.64. The van der Waals surface area contributed by atoms with Gasteiger partial charge in [0.2, 0.25) is 5.91 Å². The number of likely N-dealkylation sites (tertiary alicyclic amines) is 1. The van der Waals surface area contributed by atoms with Gasteiger partial charge in [0, 0.05) is 39.6 Å². The molecule has 28 heavy (non-hydrogen) atoms. The van der Waals surface area contributed by atoms with Crippen molar-refractivity contribution in [2.45, 2.75) is 20.4 Å². The molecule has 2 aliphatic heterocycles. The van der Waals surface area contributed by atoms with E-state index in [0.29, 0.717) is 49.1 Å². The number of nitrogens with one attached hydrogen (secondary N) is 1. The van der Waals surface area contributed by atoms with Gasteiger partial charge in [-0.25, -0.2) is 4.98 Å². The van der Waals surface area contributed by atoms with Crippen molar-refractivity contribution >= 4 is 16.9 Å². The van der Waals surface area contributed by atoms with Crippen LogP contribution in [0.3, 0.4) is 0 Å². The highest BCUT2D eigenvalue weighted by atomic mass is 16.5. The number of rotatable bonds is 5. The molecule has 0 radical (unpaired) electrons. The Hall–Kier alpha value is -2.26. The Morgan fingerprint density at radius 2 is 2.29 bits per heavy atom. The van der Waals surface area contributed by atoms with E-state index in [2.05, 4.69) is 33.8 Å². The van der Waals surface area contributed by atoms with Gasteiger partial charge in [-0.15, -0.1) is 0 Å². The van der Waals surface area contributed by atoms with Crippen molar-refractivity contribution in [1.82, 2.24) is 29.5 Å². The zero-order chi connectivity index (χ0) is 20.1. The lowest BCUT2D eigenvalue weighted by atomic mass is 9.79. The predicted molar refractivity (Wildman–Crippen MR) is 104 cm³/mol. The fourth-order valence-electron chi connectivity index (χ4n) is 4.64. The summed E-state index contributed by atoms with van der Waals surface area (Å²) in [5.41, 5.74) is -0.109. The molecule has 9 nitrogen and oxygen atoms in total. The second-order valence-corrected chi connectivity index (χ2v) is 8.64. The first kappa shape index (κ1) is 19.1. The van der Waals surface area contributed by atoms with Crippen molar-refractivity contribution in [1.29, 1.82) is 0 Å². The van der Waals surface area contributed by atoms with Gasteiger partial charge in [0.25, 0.3) is 5.56 Å². The van der Waals surface area contributed by atoms with E-state index in [1.165, 1.54) is 6.20 Å². The number of aromatic nitrogens is 4. The molecule has 0 unspecified atom stereocenters. The van der Waals surface area contributed by atoms with E-state index in [1.54, 1.807) is 11.7 Å². The molecule has 2 aliphatic rings. The summed E-state index contributed by atoms with van der Waals surface area (Å²) in [6.07, 6.45) is 1.53. The van der Waals surface area contributed by atoms with Crippen molar-refractivity contribution < 1.29 is 9.53 Å². The van der Waals surface area contributed by atoms with Gasteiger partial charge >= 0.3 is 0 Å². The molecule has 9 heteroatoms. The minimum atomic E-state index is -0.499. The highest BCUT2D eigenvalue weighted by molar-refractivity contribution is 5.84. The molecule has 152 valence electrons. The summed E-state index contributed by atoms with van der Waals surface area (Å²) >= 11 is 0. The molecule has 2 saturated heterocycles. The van der Waals surface area contributed by atoms with Gasteiger partial charge in [-0.3, -0.25) is 19.2 Å². The number of aryl methyl sites for hydroxylation is 1. The summed E-state index contributed by atoms with van der Waals surface area (Å²) in [4.78, 5) is 37.0. The number of ether oxygens (including phenoxy) is 1. The molecule has 0 spiro atoms. The van der Waals surface area contributed by atoms with E-state index < -0.39 is 5.41 Å². The molecule has 2 atom stereocenters. The third-order valence-corrected chi connectivity index (χ3v) is 5.88. The standard InChI is InChI=1S/C19H28N6O3/c1-12(2)6-23(3)18(27)19-10-25(7-13(19)9-28-11-19)8-15-21-16-14(17(26)22-15)5-20-24(16)4/h5,12-13H,6-11H2,1-4H3,(H,21,22,26)/t13-,19-/m1/s1. The molecule has 0 bridgehead atoms. The maximum atomic E-state index is 13.3. The Balaban J connectivity index is 1.55. The fraction of sp³-hybridized carbons (Fsp3) is 0.684. The zero-order valence-electron chi connectivity index (χ0n) is 16.9. The lowest BCUT2D eigenvalue weighted by molar-refractivity contribution is -0.142. The van der Waals surface area contributed by atoms with E-state index in [4.69, 9.17) is 4.74 Å². The first-order chi connectivity index (χ1) is 13.3. The van der Waals surface area contributed by atoms with Crippen molar-refractivity contribution in [2.75, 3.05) is 39.9 Å². The van der Waals surface area contributed by atoms with E-state index in [-0.39, 0.29) is 17.4 Å². The number of hydrogen-bond acceptors (Lipinski definition) is 6. The molecule has 1 amide bonds. The average molecular weight is 388 g/mol. The van der Waals surface area contributed by atoms with Crippen LogP contribution in [0.15, 0.2) is 11.0 Å². The molecular formula is C19H28N6O3. The number of carbonyl (C=O) groups is 1. The van der Waals surface area contributed by atoms with Gasteiger partial charge < -0.3 is 14.6 Å². The van der Waals surface area contributed by atoms with Crippen molar-refractivity contribution in [3.8, 4) is 0 Å². The van der Waals surface area contributed by atoms with Gasteiger partial charge in [-0.05, 0) is 5.92 Å². The van der Waals surface area contributed by atoms with Crippen LogP contribution < -0.4 is 5.56 Å². The smallest absolute Gasteiger partial charge is 0.262 e. The summed E-state index contributed by atoms with van der Waals surface area (Å²) in [5.74, 6) is 1.35. The number of fused-ring (bicyclic) bond motifs is 2. The largest absolute Gasteiger partial charge is 0.380 e. The molecule has 4 rings (SSSR count). The number of hydrogen-bond donors (Lipinski definition) is 1. The van der Waals surface area contributed by atoms with Crippen LogP contribution in [0.5, 0.6) is 0 Å². The molecule has 2 aromatic rings. The number of aromatic amines is 1. The Morgan fingerprint density at radius 3 is 3.04 bits per heavy atom. The Labute approximate surface area is 163 Å². The summed E-state index contributed by atoms with van der Waals surface area (Å²) in [6.45, 7) is 7.89. The molecule has 0 aromatic carbocycles. The van der Waals surface area contributed by atoms with Crippen LogP contribution in [0.25, 0.3) is 11.0 Å². The molecule has 4 heterocycles. The first-order valence-electron chi connectivity index (χ1n) is 9.77. The van der Waals surface area contributed by atoms with Crippen LogP contribution in [0.4, 0.5) is 0 Å². The van der Waals surface area contributed by atoms with Crippen molar-refractivity contribution in [3.05, 3.63) is 22.4 Å². The molecular weight excluding hydrogens is 360 g/mol. The highest BCUT2D eigenvalue weighted by Crippen LogP contribution is 2.43. The van der Waals surface area contributed by atoms with Crippen LogP contribution >= 0.6 is 0 Å². The molecule has 2 aromatic heterocycles. The maximum absolute atomic E-state index is 13.3. The predicted octanol–water partition coefficient (Wildman–Crippen LogP) is 0.219. The third kappa shape index (κ3) is 3.12. The van der Waals surface area contributed by atoms with Gasteiger partial charge in [-0.1, -0.05) is 13.8 Å². The Bertz CT molecular complexity index is 951. The maximum Gasteiger partial charge on any atom is 0.262 e. The Kier molecular flexibility index (Phi) is 4.75. The van der Waals surface area contributed by atoms with Crippen LogP contribution in [0.1, 0.15) is 19.7 Å². The monoisotopic (exact) mass is 388 g/mol. The number of H-pyrrole nitrogens is 1. The SMILES string of the molecule is CC(C)CN(C)C(=O)[C@]12COC[C@H]1CN(Cc1nc3c(cnn3C)c(=O)[nH]1)C2. The van der Waals surface area contributed by atoms with Crippen molar-refractivity contribution in [2.24, 2.45) is 24.3 Å².